The monoisotopic (exact) mass is 498 g/mol. The molecule has 0 aliphatic heterocycles. The van der Waals surface area contributed by atoms with Crippen molar-refractivity contribution in [2.24, 2.45) is 12.5 Å². The highest BCUT2D eigenvalue weighted by Crippen LogP contribution is 2.24. The summed E-state index contributed by atoms with van der Waals surface area (Å²) in [5.41, 5.74) is 2.06. The van der Waals surface area contributed by atoms with Gasteiger partial charge in [0, 0.05) is 25.0 Å². The van der Waals surface area contributed by atoms with Gasteiger partial charge in [0.15, 0.2) is 0 Å². The molecule has 2 amide bonds. The van der Waals surface area contributed by atoms with Crippen molar-refractivity contribution in [2.75, 3.05) is 19.0 Å². The van der Waals surface area contributed by atoms with Gasteiger partial charge in [-0.2, -0.15) is 0 Å². The van der Waals surface area contributed by atoms with E-state index in [4.69, 9.17) is 16.3 Å². The van der Waals surface area contributed by atoms with Crippen LogP contribution in [0.25, 0.3) is 5.69 Å². The number of amides is 2. The maximum absolute atomic E-state index is 13.1. The molecule has 0 radical (unpaired) electrons. The molecular formula is C26H31ClN4O4. The second-order valence-electron chi connectivity index (χ2n) is 9.36. The van der Waals surface area contributed by atoms with E-state index in [1.54, 1.807) is 30.8 Å². The first-order valence-electron chi connectivity index (χ1n) is 11.2. The third kappa shape index (κ3) is 5.95. The quantitative estimate of drug-likeness (QED) is 0.485. The van der Waals surface area contributed by atoms with E-state index in [0.29, 0.717) is 22.0 Å². The van der Waals surface area contributed by atoms with Crippen LogP contribution in [0.2, 0.25) is 5.02 Å². The lowest BCUT2D eigenvalue weighted by atomic mass is 9.88. The first-order valence-corrected chi connectivity index (χ1v) is 11.6. The number of hydrogen-bond donors (Lipinski definition) is 2. The molecule has 2 aromatic carbocycles. The van der Waals surface area contributed by atoms with Gasteiger partial charge in [0.2, 0.25) is 5.91 Å². The standard InChI is InChI=1S/C26H31ClN4O4/c1-16-8-7-9-19(12-16)31-25(34)23(17(2)30(31)5)29-22(32)14-26(3,4)15-28-24(33)20-13-18(27)10-11-21(20)35-6/h7-13H,14-15H2,1-6H3,(H,28,33)(H,29,32). The maximum atomic E-state index is 13.1. The summed E-state index contributed by atoms with van der Waals surface area (Å²) >= 11 is 6.02. The van der Waals surface area contributed by atoms with Crippen LogP contribution in [0, 0.1) is 19.3 Å². The van der Waals surface area contributed by atoms with Gasteiger partial charge in [-0.15, -0.1) is 0 Å². The van der Waals surface area contributed by atoms with Gasteiger partial charge in [-0.25, -0.2) is 4.68 Å². The van der Waals surface area contributed by atoms with Gasteiger partial charge in [-0.05, 0) is 55.2 Å². The number of hydrogen-bond acceptors (Lipinski definition) is 4. The van der Waals surface area contributed by atoms with Crippen LogP contribution in [0.4, 0.5) is 5.69 Å². The van der Waals surface area contributed by atoms with E-state index in [9.17, 15) is 14.4 Å². The molecule has 0 unspecified atom stereocenters. The molecular weight excluding hydrogens is 468 g/mol. The zero-order valence-electron chi connectivity index (χ0n) is 20.9. The van der Waals surface area contributed by atoms with E-state index in [-0.39, 0.29) is 36.0 Å². The molecule has 3 rings (SSSR count). The van der Waals surface area contributed by atoms with Crippen LogP contribution in [0.3, 0.4) is 0 Å². The minimum Gasteiger partial charge on any atom is -0.496 e. The van der Waals surface area contributed by atoms with Crippen molar-refractivity contribution in [3.05, 3.63) is 74.7 Å². The summed E-state index contributed by atoms with van der Waals surface area (Å²) in [5, 5.41) is 6.05. The molecule has 35 heavy (non-hydrogen) atoms. The Bertz CT molecular complexity index is 1320. The van der Waals surface area contributed by atoms with Crippen molar-refractivity contribution in [1.82, 2.24) is 14.7 Å². The Kier molecular flexibility index (Phi) is 7.75. The lowest BCUT2D eigenvalue weighted by Gasteiger charge is -2.24. The van der Waals surface area contributed by atoms with E-state index < -0.39 is 5.41 Å². The van der Waals surface area contributed by atoms with Gasteiger partial charge < -0.3 is 15.4 Å². The summed E-state index contributed by atoms with van der Waals surface area (Å²) in [6.45, 7) is 7.70. The number of nitrogens with one attached hydrogen (secondary N) is 2. The molecule has 3 aromatic rings. The molecule has 0 saturated heterocycles. The summed E-state index contributed by atoms with van der Waals surface area (Å²) in [6, 6.07) is 12.4. The first kappa shape index (κ1) is 26.1. The van der Waals surface area contributed by atoms with Crippen molar-refractivity contribution in [1.29, 1.82) is 0 Å². The van der Waals surface area contributed by atoms with Crippen molar-refractivity contribution in [2.45, 2.75) is 34.1 Å². The summed E-state index contributed by atoms with van der Waals surface area (Å²) in [5.74, 6) is -0.253. The molecule has 0 fully saturated rings. The number of methoxy groups -OCH3 is 1. The van der Waals surface area contributed by atoms with Crippen molar-refractivity contribution in [3.8, 4) is 11.4 Å². The van der Waals surface area contributed by atoms with Crippen LogP contribution in [0.5, 0.6) is 5.75 Å². The van der Waals surface area contributed by atoms with Gasteiger partial charge in [0.1, 0.15) is 11.4 Å². The number of aryl methyl sites for hydroxylation is 1. The number of rotatable bonds is 8. The number of carbonyl (C=O) groups is 2. The minimum atomic E-state index is -0.580. The highest BCUT2D eigenvalue weighted by molar-refractivity contribution is 6.31. The molecule has 0 spiro atoms. The Morgan fingerprint density at radius 2 is 1.83 bits per heavy atom. The molecule has 0 aliphatic carbocycles. The topological polar surface area (TPSA) is 94.4 Å². The summed E-state index contributed by atoms with van der Waals surface area (Å²) < 4.78 is 8.49. The van der Waals surface area contributed by atoms with E-state index in [0.717, 1.165) is 11.3 Å². The lowest BCUT2D eigenvalue weighted by molar-refractivity contribution is -0.118. The van der Waals surface area contributed by atoms with Crippen LogP contribution < -0.4 is 20.9 Å². The maximum Gasteiger partial charge on any atom is 0.295 e. The average Bonchev–Trinajstić information content (AvgIpc) is 3.00. The number of carbonyl (C=O) groups excluding carboxylic acids is 2. The summed E-state index contributed by atoms with van der Waals surface area (Å²) in [4.78, 5) is 38.7. The van der Waals surface area contributed by atoms with Gasteiger partial charge in [0.05, 0.1) is 24.1 Å². The zero-order chi connectivity index (χ0) is 25.9. The van der Waals surface area contributed by atoms with Gasteiger partial charge in [-0.1, -0.05) is 37.6 Å². The first-order chi connectivity index (χ1) is 16.4. The largest absolute Gasteiger partial charge is 0.496 e. The minimum absolute atomic E-state index is 0.0954. The smallest absolute Gasteiger partial charge is 0.295 e. The van der Waals surface area contributed by atoms with Crippen molar-refractivity contribution < 1.29 is 14.3 Å². The van der Waals surface area contributed by atoms with Crippen LogP contribution in [-0.2, 0) is 11.8 Å². The molecule has 1 heterocycles. The average molecular weight is 499 g/mol. The Morgan fingerprint density at radius 3 is 2.49 bits per heavy atom. The van der Waals surface area contributed by atoms with Crippen LogP contribution >= 0.6 is 11.6 Å². The number of benzene rings is 2. The fraction of sp³-hybridized carbons (Fsp3) is 0.346. The van der Waals surface area contributed by atoms with E-state index in [1.807, 2.05) is 45.0 Å². The number of nitrogens with zero attached hydrogens (tertiary/aromatic N) is 2. The van der Waals surface area contributed by atoms with Gasteiger partial charge >= 0.3 is 0 Å². The van der Waals surface area contributed by atoms with Crippen LogP contribution in [-0.4, -0.2) is 34.8 Å². The van der Waals surface area contributed by atoms with Crippen LogP contribution in [0.15, 0.2) is 47.3 Å². The molecule has 186 valence electrons. The summed E-state index contributed by atoms with van der Waals surface area (Å²) in [6.07, 6.45) is 0.0954. The second kappa shape index (κ2) is 10.4. The van der Waals surface area contributed by atoms with Gasteiger partial charge in [-0.3, -0.25) is 19.1 Å². The van der Waals surface area contributed by atoms with Crippen molar-refractivity contribution >= 4 is 29.1 Å². The highest BCUT2D eigenvalue weighted by atomic mass is 35.5. The molecule has 2 N–H and O–H groups in total. The number of ether oxygens (including phenoxy) is 1. The Morgan fingerprint density at radius 1 is 1.11 bits per heavy atom. The molecule has 9 heteroatoms. The fourth-order valence-electron chi connectivity index (χ4n) is 3.86. The Balaban J connectivity index is 1.70. The fourth-order valence-corrected chi connectivity index (χ4v) is 4.03. The van der Waals surface area contributed by atoms with E-state index in [1.165, 1.54) is 17.9 Å². The Hall–Kier alpha value is -3.52. The third-order valence-corrected chi connectivity index (χ3v) is 6.07. The molecule has 1 aromatic heterocycles. The van der Waals surface area contributed by atoms with Crippen LogP contribution in [0.1, 0.15) is 41.9 Å². The third-order valence-electron chi connectivity index (χ3n) is 5.84. The predicted octanol–water partition coefficient (Wildman–Crippen LogP) is 4.24. The number of aromatic nitrogens is 2. The number of anilines is 1. The normalized spacial score (nSPS) is 11.3. The second-order valence-corrected chi connectivity index (χ2v) is 9.79. The Labute approximate surface area is 209 Å². The lowest BCUT2D eigenvalue weighted by Crippen LogP contribution is -2.36. The summed E-state index contributed by atoms with van der Waals surface area (Å²) in [7, 11) is 3.26. The number of halogens is 1. The van der Waals surface area contributed by atoms with E-state index >= 15 is 0 Å². The molecule has 0 atom stereocenters. The van der Waals surface area contributed by atoms with E-state index in [2.05, 4.69) is 10.6 Å². The zero-order valence-corrected chi connectivity index (χ0v) is 21.6. The molecule has 8 nitrogen and oxygen atoms in total. The van der Waals surface area contributed by atoms with Crippen molar-refractivity contribution in [3.63, 3.8) is 0 Å². The molecule has 0 bridgehead atoms. The molecule has 0 saturated carbocycles. The SMILES string of the molecule is COc1ccc(Cl)cc1C(=O)NCC(C)(C)CC(=O)Nc1c(C)n(C)n(-c2cccc(C)c2)c1=O. The highest BCUT2D eigenvalue weighted by Gasteiger charge is 2.26. The van der Waals surface area contributed by atoms with Gasteiger partial charge in [0.25, 0.3) is 11.5 Å². The molecule has 0 aliphatic rings. The predicted molar refractivity (Wildman–Crippen MR) is 138 cm³/mol.